The molecule has 0 aliphatic carbocycles. The van der Waals surface area contributed by atoms with Gasteiger partial charge in [0, 0.05) is 37.2 Å². The van der Waals surface area contributed by atoms with E-state index in [1.165, 1.54) is 29.2 Å². The average Bonchev–Trinajstić information content (AvgIpc) is 2.84. The zero-order chi connectivity index (χ0) is 24.3. The third-order valence-corrected chi connectivity index (χ3v) is 6.01. The first-order valence-electron chi connectivity index (χ1n) is 12.2. The van der Waals surface area contributed by atoms with Crippen LogP contribution in [0.15, 0.2) is 66.7 Å². The van der Waals surface area contributed by atoms with Gasteiger partial charge < -0.3 is 14.4 Å². The number of esters is 1. The van der Waals surface area contributed by atoms with Crippen molar-refractivity contribution in [1.29, 1.82) is 0 Å². The maximum atomic E-state index is 11.0. The van der Waals surface area contributed by atoms with Crippen LogP contribution in [0.5, 0.6) is 0 Å². The molecule has 0 saturated carbocycles. The minimum Gasteiger partial charge on any atom is -0.466 e. The summed E-state index contributed by atoms with van der Waals surface area (Å²) in [6.07, 6.45) is 3.76. The molecule has 0 N–H and O–H groups in total. The van der Waals surface area contributed by atoms with Gasteiger partial charge in [0.25, 0.3) is 0 Å². The molecule has 0 amide bonds. The number of nitrogens with zero attached hydrogens (tertiary/aromatic N) is 1. The molecule has 0 spiro atoms. The Morgan fingerprint density at radius 1 is 0.735 bits per heavy atom. The van der Waals surface area contributed by atoms with Crippen LogP contribution in [-0.2, 0) is 27.1 Å². The smallest absolute Gasteiger partial charge is 0.302 e. The summed E-state index contributed by atoms with van der Waals surface area (Å²) in [6, 6.07) is 24.2. The lowest BCUT2D eigenvalue weighted by Gasteiger charge is -2.26. The predicted octanol–water partition coefficient (Wildman–Crippen LogP) is 7.24. The second-order valence-electron chi connectivity index (χ2n) is 8.68. The maximum Gasteiger partial charge on any atom is 0.302 e. The highest BCUT2D eigenvalue weighted by molar-refractivity contribution is 5.77. The second kappa shape index (κ2) is 13.0. The molecule has 0 heterocycles. The Bertz CT molecular complexity index is 1040. The van der Waals surface area contributed by atoms with E-state index in [-0.39, 0.29) is 5.97 Å². The van der Waals surface area contributed by atoms with Crippen molar-refractivity contribution >= 4 is 23.0 Å². The molecular formula is C30H37NO3. The van der Waals surface area contributed by atoms with Crippen LogP contribution >= 0.6 is 0 Å². The lowest BCUT2D eigenvalue weighted by atomic mass is 10.1. The molecule has 0 saturated heterocycles. The second-order valence-corrected chi connectivity index (χ2v) is 8.68. The first kappa shape index (κ1) is 25.5. The molecular weight excluding hydrogens is 422 g/mol. The number of carbonyl (C=O) groups is 1. The summed E-state index contributed by atoms with van der Waals surface area (Å²) in [6.45, 7) is 9.82. The first-order valence-corrected chi connectivity index (χ1v) is 12.2. The highest BCUT2D eigenvalue weighted by Gasteiger charge is 2.13. The van der Waals surface area contributed by atoms with Crippen LogP contribution < -0.4 is 4.90 Å². The summed E-state index contributed by atoms with van der Waals surface area (Å²) < 4.78 is 10.5. The third-order valence-electron chi connectivity index (χ3n) is 6.01. The molecule has 0 aliphatic rings. The predicted molar refractivity (Wildman–Crippen MR) is 140 cm³/mol. The zero-order valence-electron chi connectivity index (χ0n) is 21.0. The van der Waals surface area contributed by atoms with Gasteiger partial charge in [0.05, 0.1) is 6.61 Å². The van der Waals surface area contributed by atoms with E-state index in [0.717, 1.165) is 56.0 Å². The molecule has 0 bridgehead atoms. The SMILES string of the molecule is CCOCCCc1ccc(N(c2ccc(CCCOC(C)=O)cc2)c2ccc(C)c(C)c2)cc1. The van der Waals surface area contributed by atoms with Crippen molar-refractivity contribution in [1.82, 2.24) is 0 Å². The van der Waals surface area contributed by atoms with Crippen molar-refractivity contribution in [2.75, 3.05) is 24.7 Å². The largest absolute Gasteiger partial charge is 0.466 e. The molecule has 0 fully saturated rings. The molecule has 3 aromatic carbocycles. The average molecular weight is 460 g/mol. The standard InChI is InChI=1S/C30H37NO3/c1-5-33-20-6-8-26-11-16-28(17-12-26)31(30-15-10-23(2)24(3)22-30)29-18-13-27(14-19-29)9-7-21-34-25(4)32/h10-19,22H,5-9,20-21H2,1-4H3. The minimum absolute atomic E-state index is 0.223. The number of ether oxygens (including phenoxy) is 2. The Morgan fingerprint density at radius 3 is 1.76 bits per heavy atom. The van der Waals surface area contributed by atoms with Crippen molar-refractivity contribution in [2.45, 2.75) is 53.4 Å². The minimum atomic E-state index is -0.223. The van der Waals surface area contributed by atoms with Crippen molar-refractivity contribution in [3.05, 3.63) is 89.0 Å². The Hall–Kier alpha value is -3.11. The number of carbonyl (C=O) groups excluding carboxylic acids is 1. The molecule has 0 atom stereocenters. The van der Waals surface area contributed by atoms with E-state index < -0.39 is 0 Å². The number of anilines is 3. The van der Waals surface area contributed by atoms with Gasteiger partial charge in [-0.25, -0.2) is 0 Å². The lowest BCUT2D eigenvalue weighted by Crippen LogP contribution is -2.10. The van der Waals surface area contributed by atoms with E-state index in [2.05, 4.69) is 85.5 Å². The normalized spacial score (nSPS) is 10.8. The van der Waals surface area contributed by atoms with Crippen LogP contribution in [0.3, 0.4) is 0 Å². The van der Waals surface area contributed by atoms with Gasteiger partial charge in [-0.3, -0.25) is 4.79 Å². The van der Waals surface area contributed by atoms with E-state index in [1.54, 1.807) is 0 Å². The topological polar surface area (TPSA) is 38.8 Å². The van der Waals surface area contributed by atoms with Gasteiger partial charge in [0.1, 0.15) is 0 Å². The van der Waals surface area contributed by atoms with Crippen LogP contribution in [0.25, 0.3) is 0 Å². The van der Waals surface area contributed by atoms with Gasteiger partial charge in [-0.1, -0.05) is 30.3 Å². The molecule has 4 heteroatoms. The van der Waals surface area contributed by atoms with Crippen molar-refractivity contribution in [3.63, 3.8) is 0 Å². The number of benzene rings is 3. The van der Waals surface area contributed by atoms with Gasteiger partial charge in [0.2, 0.25) is 0 Å². The Morgan fingerprint density at radius 2 is 1.26 bits per heavy atom. The molecule has 180 valence electrons. The summed E-state index contributed by atoms with van der Waals surface area (Å²) in [4.78, 5) is 13.3. The molecule has 4 nitrogen and oxygen atoms in total. The van der Waals surface area contributed by atoms with Gasteiger partial charge in [-0.05, 0) is 105 Å². The lowest BCUT2D eigenvalue weighted by molar-refractivity contribution is -0.141. The van der Waals surface area contributed by atoms with Gasteiger partial charge in [-0.15, -0.1) is 0 Å². The van der Waals surface area contributed by atoms with Crippen molar-refractivity contribution in [2.24, 2.45) is 0 Å². The number of hydrogen-bond acceptors (Lipinski definition) is 4. The van der Waals surface area contributed by atoms with Crippen molar-refractivity contribution < 1.29 is 14.3 Å². The van der Waals surface area contributed by atoms with Crippen molar-refractivity contribution in [3.8, 4) is 0 Å². The molecule has 3 aromatic rings. The molecule has 0 aliphatic heterocycles. The molecule has 3 rings (SSSR count). The fraction of sp³-hybridized carbons (Fsp3) is 0.367. The quantitative estimate of drug-likeness (QED) is 0.211. The van der Waals surface area contributed by atoms with Crippen LogP contribution in [-0.4, -0.2) is 25.8 Å². The molecule has 0 aromatic heterocycles. The Labute approximate surface area is 204 Å². The Kier molecular flexibility index (Phi) is 9.72. The summed E-state index contributed by atoms with van der Waals surface area (Å²) >= 11 is 0. The molecule has 34 heavy (non-hydrogen) atoms. The monoisotopic (exact) mass is 459 g/mol. The van der Waals surface area contributed by atoms with E-state index in [4.69, 9.17) is 9.47 Å². The highest BCUT2D eigenvalue weighted by Crippen LogP contribution is 2.35. The van der Waals surface area contributed by atoms with E-state index in [9.17, 15) is 4.79 Å². The molecule has 0 unspecified atom stereocenters. The van der Waals surface area contributed by atoms with E-state index in [1.807, 2.05) is 6.92 Å². The zero-order valence-corrected chi connectivity index (χ0v) is 21.0. The van der Waals surface area contributed by atoms with Crippen LogP contribution in [0.4, 0.5) is 17.1 Å². The number of aryl methyl sites for hydroxylation is 4. The van der Waals surface area contributed by atoms with Crippen LogP contribution in [0.1, 0.15) is 48.9 Å². The number of hydrogen-bond donors (Lipinski definition) is 0. The fourth-order valence-electron chi connectivity index (χ4n) is 3.95. The Balaban J connectivity index is 1.80. The van der Waals surface area contributed by atoms with Crippen LogP contribution in [0, 0.1) is 13.8 Å². The molecule has 0 radical (unpaired) electrons. The van der Waals surface area contributed by atoms with E-state index >= 15 is 0 Å². The van der Waals surface area contributed by atoms with Gasteiger partial charge in [0.15, 0.2) is 0 Å². The van der Waals surface area contributed by atoms with E-state index in [0.29, 0.717) is 6.61 Å². The third kappa shape index (κ3) is 7.46. The van der Waals surface area contributed by atoms with Crippen LogP contribution in [0.2, 0.25) is 0 Å². The summed E-state index contributed by atoms with van der Waals surface area (Å²) in [5, 5.41) is 0. The summed E-state index contributed by atoms with van der Waals surface area (Å²) in [7, 11) is 0. The fourth-order valence-corrected chi connectivity index (χ4v) is 3.95. The number of rotatable bonds is 12. The van der Waals surface area contributed by atoms with Gasteiger partial charge in [-0.2, -0.15) is 0 Å². The summed E-state index contributed by atoms with van der Waals surface area (Å²) in [5.41, 5.74) is 8.53. The first-order chi connectivity index (χ1) is 16.5. The highest BCUT2D eigenvalue weighted by atomic mass is 16.5. The maximum absolute atomic E-state index is 11.0. The summed E-state index contributed by atoms with van der Waals surface area (Å²) in [5.74, 6) is -0.223. The van der Waals surface area contributed by atoms with Gasteiger partial charge >= 0.3 is 5.97 Å².